The fraction of sp³-hybridized carbons (Fsp3) is 0.120. The molecule has 3 N–H and O–H groups in total. The molecule has 2 amide bonds. The first-order valence-corrected chi connectivity index (χ1v) is 12.5. The van der Waals surface area contributed by atoms with Crippen LogP contribution in [-0.4, -0.2) is 38.9 Å². The van der Waals surface area contributed by atoms with E-state index in [2.05, 4.69) is 31.4 Å². The van der Waals surface area contributed by atoms with E-state index in [1.54, 1.807) is 24.3 Å². The van der Waals surface area contributed by atoms with E-state index < -0.39 is 5.91 Å². The lowest BCUT2D eigenvalue weighted by atomic mass is 10.2. The molecule has 10 heteroatoms. The van der Waals surface area contributed by atoms with E-state index in [4.69, 9.17) is 10.5 Å². The summed E-state index contributed by atoms with van der Waals surface area (Å²) in [4.78, 5) is 23.8. The van der Waals surface area contributed by atoms with Crippen molar-refractivity contribution in [2.75, 3.05) is 17.7 Å². The number of thioether (sulfide) groups is 1. The Morgan fingerprint density at radius 2 is 1.69 bits per heavy atom. The molecule has 0 saturated carbocycles. The number of benzene rings is 3. The maximum absolute atomic E-state index is 12.6. The highest BCUT2D eigenvalue weighted by Crippen LogP contribution is 2.29. The molecule has 0 unspecified atom stereocenters. The van der Waals surface area contributed by atoms with Crippen LogP contribution >= 0.6 is 27.7 Å². The van der Waals surface area contributed by atoms with E-state index in [-0.39, 0.29) is 11.7 Å². The summed E-state index contributed by atoms with van der Waals surface area (Å²) in [7, 11) is 0. The minimum Gasteiger partial charge on any atom is -0.494 e. The molecule has 0 aliphatic heterocycles. The second-order valence-electron chi connectivity index (χ2n) is 7.35. The van der Waals surface area contributed by atoms with Gasteiger partial charge >= 0.3 is 0 Å². The molecule has 3 aromatic carbocycles. The summed E-state index contributed by atoms with van der Waals surface area (Å²) in [6.07, 6.45) is 0. The maximum Gasteiger partial charge on any atom is 0.248 e. The highest BCUT2D eigenvalue weighted by molar-refractivity contribution is 9.10. The summed E-state index contributed by atoms with van der Waals surface area (Å²) in [5.74, 6) is 0.812. The normalized spacial score (nSPS) is 10.7. The quantitative estimate of drug-likeness (QED) is 0.285. The van der Waals surface area contributed by atoms with Crippen LogP contribution in [0.3, 0.4) is 0 Å². The predicted octanol–water partition coefficient (Wildman–Crippen LogP) is 4.93. The molecule has 0 aliphatic carbocycles. The molecular weight excluding hydrogens is 530 g/mol. The van der Waals surface area contributed by atoms with Crippen molar-refractivity contribution in [3.8, 4) is 22.8 Å². The molecule has 178 valence electrons. The van der Waals surface area contributed by atoms with E-state index in [0.717, 1.165) is 21.5 Å². The lowest BCUT2D eigenvalue weighted by Gasteiger charge is -2.12. The topological polar surface area (TPSA) is 112 Å². The third-order valence-electron chi connectivity index (χ3n) is 4.93. The van der Waals surface area contributed by atoms with Gasteiger partial charge in [0.05, 0.1) is 12.4 Å². The summed E-state index contributed by atoms with van der Waals surface area (Å²) < 4.78 is 8.44. The van der Waals surface area contributed by atoms with Gasteiger partial charge in [-0.15, -0.1) is 10.2 Å². The minimum absolute atomic E-state index is 0.118. The van der Waals surface area contributed by atoms with Gasteiger partial charge in [0, 0.05) is 27.0 Å². The van der Waals surface area contributed by atoms with Crippen LogP contribution in [-0.2, 0) is 4.79 Å². The number of anilines is 1. The Bertz CT molecular complexity index is 1320. The molecule has 8 nitrogen and oxygen atoms in total. The number of ether oxygens (including phenoxy) is 1. The van der Waals surface area contributed by atoms with Crippen LogP contribution in [0.25, 0.3) is 17.1 Å². The first kappa shape index (κ1) is 24.5. The zero-order chi connectivity index (χ0) is 24.8. The van der Waals surface area contributed by atoms with Crippen LogP contribution in [0.1, 0.15) is 17.3 Å². The number of nitrogens with two attached hydrogens (primary N) is 1. The van der Waals surface area contributed by atoms with Crippen LogP contribution in [0.2, 0.25) is 0 Å². The first-order valence-electron chi connectivity index (χ1n) is 10.7. The van der Waals surface area contributed by atoms with Crippen LogP contribution in [0, 0.1) is 0 Å². The SMILES string of the molecule is CCOc1ccc(-n2c(SCC(=O)Nc3ccc(C(N)=O)cc3)nnc2-c2ccc(Br)cc2)cc1. The number of carbonyl (C=O) groups excluding carboxylic acids is 2. The number of nitrogens with zero attached hydrogens (tertiary/aromatic N) is 3. The van der Waals surface area contributed by atoms with Gasteiger partial charge < -0.3 is 15.8 Å². The van der Waals surface area contributed by atoms with Gasteiger partial charge in [-0.3, -0.25) is 14.2 Å². The maximum atomic E-state index is 12.6. The summed E-state index contributed by atoms with van der Waals surface area (Å²) in [5, 5.41) is 12.2. The standard InChI is InChI=1S/C25H22BrN5O3S/c1-2-34-21-13-11-20(12-14-21)31-24(17-3-7-18(26)8-4-17)29-30-25(31)35-15-22(32)28-19-9-5-16(6-10-19)23(27)33/h3-14H,2,15H2,1H3,(H2,27,33)(H,28,32). The number of halogens is 1. The molecule has 0 aliphatic rings. The van der Waals surface area contributed by atoms with Crippen molar-refractivity contribution >= 4 is 45.2 Å². The minimum atomic E-state index is -0.520. The summed E-state index contributed by atoms with van der Waals surface area (Å²) >= 11 is 4.73. The Labute approximate surface area is 215 Å². The van der Waals surface area contributed by atoms with Crippen molar-refractivity contribution in [1.29, 1.82) is 0 Å². The molecular formula is C25H22BrN5O3S. The molecule has 1 heterocycles. The fourth-order valence-corrected chi connectivity index (χ4v) is 4.30. The molecule has 0 atom stereocenters. The molecule has 0 saturated heterocycles. The van der Waals surface area contributed by atoms with Crippen molar-refractivity contribution in [2.45, 2.75) is 12.1 Å². The number of primary amides is 1. The summed E-state index contributed by atoms with van der Waals surface area (Å²) in [6.45, 7) is 2.52. The van der Waals surface area contributed by atoms with E-state index in [1.807, 2.05) is 60.0 Å². The predicted molar refractivity (Wildman–Crippen MR) is 140 cm³/mol. The number of hydrogen-bond acceptors (Lipinski definition) is 6. The Hall–Kier alpha value is -3.63. The number of rotatable bonds is 9. The van der Waals surface area contributed by atoms with Crippen molar-refractivity contribution in [1.82, 2.24) is 14.8 Å². The van der Waals surface area contributed by atoms with Gasteiger partial charge in [-0.1, -0.05) is 39.8 Å². The van der Waals surface area contributed by atoms with E-state index in [0.29, 0.717) is 28.8 Å². The Morgan fingerprint density at radius 3 is 2.31 bits per heavy atom. The second-order valence-corrected chi connectivity index (χ2v) is 9.21. The average molecular weight is 552 g/mol. The third kappa shape index (κ3) is 6.09. The molecule has 4 aromatic rings. The molecule has 35 heavy (non-hydrogen) atoms. The van der Waals surface area contributed by atoms with Crippen molar-refractivity contribution in [2.24, 2.45) is 5.73 Å². The van der Waals surface area contributed by atoms with Crippen molar-refractivity contribution < 1.29 is 14.3 Å². The van der Waals surface area contributed by atoms with Gasteiger partial charge in [0.25, 0.3) is 0 Å². The molecule has 0 radical (unpaired) electrons. The van der Waals surface area contributed by atoms with Gasteiger partial charge in [0.15, 0.2) is 11.0 Å². The molecule has 4 rings (SSSR count). The summed E-state index contributed by atoms with van der Waals surface area (Å²) in [5.41, 5.74) is 7.95. The average Bonchev–Trinajstić information content (AvgIpc) is 3.28. The van der Waals surface area contributed by atoms with Gasteiger partial charge in [0.1, 0.15) is 5.75 Å². The third-order valence-corrected chi connectivity index (χ3v) is 6.38. The zero-order valence-corrected chi connectivity index (χ0v) is 21.2. The van der Waals surface area contributed by atoms with Crippen LogP contribution in [0.15, 0.2) is 82.4 Å². The van der Waals surface area contributed by atoms with Crippen LogP contribution in [0.4, 0.5) is 5.69 Å². The molecule has 1 aromatic heterocycles. The summed E-state index contributed by atoms with van der Waals surface area (Å²) in [6, 6.07) is 21.8. The lowest BCUT2D eigenvalue weighted by Crippen LogP contribution is -2.15. The van der Waals surface area contributed by atoms with Crippen LogP contribution < -0.4 is 15.8 Å². The Balaban J connectivity index is 1.56. The van der Waals surface area contributed by atoms with Gasteiger partial charge in [0.2, 0.25) is 11.8 Å². The largest absolute Gasteiger partial charge is 0.494 e. The highest BCUT2D eigenvalue weighted by atomic mass is 79.9. The number of aromatic nitrogens is 3. The van der Waals surface area contributed by atoms with Crippen molar-refractivity contribution in [3.05, 3.63) is 82.8 Å². The van der Waals surface area contributed by atoms with E-state index >= 15 is 0 Å². The second kappa shape index (κ2) is 11.2. The fourth-order valence-electron chi connectivity index (χ4n) is 3.29. The molecule has 0 fully saturated rings. The van der Waals surface area contributed by atoms with Gasteiger partial charge in [-0.05, 0) is 67.6 Å². The first-order chi connectivity index (χ1) is 16.9. The Kier molecular flexibility index (Phi) is 7.84. The highest BCUT2D eigenvalue weighted by Gasteiger charge is 2.18. The molecule has 0 bridgehead atoms. The van der Waals surface area contributed by atoms with Crippen molar-refractivity contribution in [3.63, 3.8) is 0 Å². The van der Waals surface area contributed by atoms with Crippen LogP contribution in [0.5, 0.6) is 5.75 Å². The number of amides is 2. The van der Waals surface area contributed by atoms with Gasteiger partial charge in [-0.25, -0.2) is 0 Å². The van der Waals surface area contributed by atoms with E-state index in [9.17, 15) is 9.59 Å². The smallest absolute Gasteiger partial charge is 0.248 e. The van der Waals surface area contributed by atoms with E-state index in [1.165, 1.54) is 11.8 Å². The zero-order valence-electron chi connectivity index (χ0n) is 18.8. The lowest BCUT2D eigenvalue weighted by molar-refractivity contribution is -0.113. The number of carbonyl (C=O) groups is 2. The number of hydrogen-bond donors (Lipinski definition) is 2. The number of nitrogens with one attached hydrogen (secondary N) is 1. The monoisotopic (exact) mass is 551 g/mol. The Morgan fingerprint density at radius 1 is 1.00 bits per heavy atom. The van der Waals surface area contributed by atoms with Gasteiger partial charge in [-0.2, -0.15) is 0 Å². The molecule has 0 spiro atoms.